The smallest absolute Gasteiger partial charge is 0.242 e. The third kappa shape index (κ3) is 2.53. The molecule has 0 saturated heterocycles. The van der Waals surface area contributed by atoms with Gasteiger partial charge in [0.15, 0.2) is 0 Å². The van der Waals surface area contributed by atoms with Crippen molar-refractivity contribution in [2.45, 2.75) is 27.2 Å². The van der Waals surface area contributed by atoms with Crippen molar-refractivity contribution in [3.8, 4) is 11.9 Å². The topological polar surface area (TPSA) is 63.7 Å². The second-order valence-corrected chi connectivity index (χ2v) is 5.87. The largest absolute Gasteiger partial charge is 0.479 e. The monoisotopic (exact) mass is 258 g/mol. The average Bonchev–Trinajstić information content (AvgIpc) is 2.63. The van der Waals surface area contributed by atoms with Gasteiger partial charge in [-0.2, -0.15) is 10.2 Å². The number of ether oxygens (including phenoxy) is 1. The Morgan fingerprint density at radius 3 is 2.58 bits per heavy atom. The minimum absolute atomic E-state index is 0.144. The maximum absolute atomic E-state index is 9.01. The first kappa shape index (κ1) is 13.3. The summed E-state index contributed by atoms with van der Waals surface area (Å²) in [4.78, 5) is 8.43. The van der Waals surface area contributed by atoms with Crippen LogP contribution in [0.5, 0.6) is 5.88 Å². The van der Waals surface area contributed by atoms with Crippen LogP contribution in [-0.4, -0.2) is 21.6 Å². The number of fused-ring (bicyclic) bond motifs is 1. The summed E-state index contributed by atoms with van der Waals surface area (Å²) in [6.45, 7) is 6.53. The van der Waals surface area contributed by atoms with Gasteiger partial charge in [0.2, 0.25) is 11.7 Å². The molecule has 0 aliphatic heterocycles. The fourth-order valence-corrected chi connectivity index (χ4v) is 2.23. The van der Waals surface area contributed by atoms with Crippen LogP contribution in [0.3, 0.4) is 0 Å². The maximum Gasteiger partial charge on any atom is 0.242 e. The van der Waals surface area contributed by atoms with Crippen LogP contribution < -0.4 is 4.74 Å². The highest BCUT2D eigenvalue weighted by Crippen LogP contribution is 2.30. The Kier molecular flexibility index (Phi) is 3.19. The Morgan fingerprint density at radius 1 is 1.37 bits per heavy atom. The molecule has 0 aromatic carbocycles. The Morgan fingerprint density at radius 2 is 2.05 bits per heavy atom. The van der Waals surface area contributed by atoms with Crippen LogP contribution in [0.1, 0.15) is 32.2 Å². The molecule has 0 fully saturated rings. The standard InChI is InChI=1S/C14H18N4O/c1-14(2,3)6-9-8-18(4)12-11(9)16-10(7-15)17-13(12)19-5/h8H,6H2,1-5H3. The molecule has 0 saturated carbocycles. The summed E-state index contributed by atoms with van der Waals surface area (Å²) >= 11 is 0. The van der Waals surface area contributed by atoms with Crippen molar-refractivity contribution in [1.29, 1.82) is 5.26 Å². The molecule has 19 heavy (non-hydrogen) atoms. The van der Waals surface area contributed by atoms with Gasteiger partial charge in [0.25, 0.3) is 0 Å². The molecule has 2 aromatic heterocycles. The van der Waals surface area contributed by atoms with Crippen LogP contribution in [0, 0.1) is 16.7 Å². The molecule has 0 atom stereocenters. The molecule has 0 aliphatic rings. The lowest BCUT2D eigenvalue weighted by Crippen LogP contribution is -2.09. The SMILES string of the molecule is COc1nc(C#N)nc2c(CC(C)(C)C)cn(C)c12. The lowest BCUT2D eigenvalue weighted by molar-refractivity contribution is 0.400. The van der Waals surface area contributed by atoms with E-state index in [9.17, 15) is 0 Å². The number of rotatable bonds is 2. The number of aromatic nitrogens is 3. The van der Waals surface area contributed by atoms with E-state index in [4.69, 9.17) is 10.00 Å². The van der Waals surface area contributed by atoms with Crippen molar-refractivity contribution in [2.75, 3.05) is 7.11 Å². The van der Waals surface area contributed by atoms with E-state index in [1.54, 1.807) is 7.11 Å². The van der Waals surface area contributed by atoms with Gasteiger partial charge in [-0.3, -0.25) is 0 Å². The zero-order valence-electron chi connectivity index (χ0n) is 12.0. The molecular weight excluding hydrogens is 240 g/mol. The van der Waals surface area contributed by atoms with Crippen molar-refractivity contribution >= 4 is 11.0 Å². The molecule has 0 bridgehead atoms. The summed E-state index contributed by atoms with van der Waals surface area (Å²) < 4.78 is 7.23. The summed E-state index contributed by atoms with van der Waals surface area (Å²) in [7, 11) is 3.49. The second-order valence-electron chi connectivity index (χ2n) is 5.87. The fourth-order valence-electron chi connectivity index (χ4n) is 2.23. The van der Waals surface area contributed by atoms with Crippen LogP contribution in [-0.2, 0) is 13.5 Å². The number of hydrogen-bond acceptors (Lipinski definition) is 4. The molecule has 0 aliphatic carbocycles. The van der Waals surface area contributed by atoms with E-state index in [0.717, 1.165) is 23.0 Å². The maximum atomic E-state index is 9.01. The van der Waals surface area contributed by atoms with Crippen LogP contribution in [0.2, 0.25) is 0 Å². The zero-order valence-corrected chi connectivity index (χ0v) is 12.0. The van der Waals surface area contributed by atoms with E-state index in [0.29, 0.717) is 5.88 Å². The third-order valence-corrected chi connectivity index (χ3v) is 2.87. The Hall–Kier alpha value is -2.09. The van der Waals surface area contributed by atoms with Gasteiger partial charge in [-0.05, 0) is 17.4 Å². The lowest BCUT2D eigenvalue weighted by atomic mass is 9.89. The van der Waals surface area contributed by atoms with E-state index < -0.39 is 0 Å². The first-order valence-electron chi connectivity index (χ1n) is 6.16. The van der Waals surface area contributed by atoms with Crippen LogP contribution in [0.25, 0.3) is 11.0 Å². The van der Waals surface area contributed by atoms with E-state index in [1.165, 1.54) is 0 Å². The van der Waals surface area contributed by atoms with E-state index in [2.05, 4.69) is 30.7 Å². The molecule has 2 aromatic rings. The van der Waals surface area contributed by atoms with Crippen LogP contribution in [0.4, 0.5) is 0 Å². The molecular formula is C14H18N4O. The first-order chi connectivity index (χ1) is 8.85. The molecule has 2 rings (SSSR count). The highest BCUT2D eigenvalue weighted by atomic mass is 16.5. The summed E-state index contributed by atoms with van der Waals surface area (Å²) in [6, 6.07) is 1.98. The van der Waals surface area contributed by atoms with Crippen LogP contribution in [0.15, 0.2) is 6.20 Å². The molecule has 0 radical (unpaired) electrons. The van der Waals surface area contributed by atoms with Crippen molar-refractivity contribution < 1.29 is 4.74 Å². The Bertz CT molecular complexity index is 659. The predicted octanol–water partition coefficient (Wildman–Crippen LogP) is 2.44. The van der Waals surface area contributed by atoms with Crippen LogP contribution >= 0.6 is 0 Å². The van der Waals surface area contributed by atoms with Crippen molar-refractivity contribution in [3.63, 3.8) is 0 Å². The number of hydrogen-bond donors (Lipinski definition) is 0. The molecule has 0 N–H and O–H groups in total. The minimum Gasteiger partial charge on any atom is -0.479 e. The highest BCUT2D eigenvalue weighted by molar-refractivity contribution is 5.84. The molecule has 5 nitrogen and oxygen atoms in total. The normalized spacial score (nSPS) is 11.6. The summed E-state index contributed by atoms with van der Waals surface area (Å²) in [5.74, 6) is 0.593. The van der Waals surface area contributed by atoms with Gasteiger partial charge in [0.1, 0.15) is 17.1 Å². The van der Waals surface area contributed by atoms with Gasteiger partial charge < -0.3 is 9.30 Å². The van der Waals surface area contributed by atoms with Gasteiger partial charge in [-0.15, -0.1) is 0 Å². The van der Waals surface area contributed by atoms with Gasteiger partial charge >= 0.3 is 0 Å². The van der Waals surface area contributed by atoms with E-state index in [1.807, 2.05) is 23.9 Å². The summed E-state index contributed by atoms with van der Waals surface area (Å²) in [5, 5.41) is 9.01. The van der Waals surface area contributed by atoms with E-state index >= 15 is 0 Å². The van der Waals surface area contributed by atoms with Gasteiger partial charge in [-0.1, -0.05) is 20.8 Å². The quantitative estimate of drug-likeness (QED) is 0.830. The van der Waals surface area contributed by atoms with Crippen molar-refractivity contribution in [2.24, 2.45) is 12.5 Å². The first-order valence-corrected chi connectivity index (χ1v) is 6.16. The van der Waals surface area contributed by atoms with Gasteiger partial charge in [-0.25, -0.2) is 4.98 Å². The predicted molar refractivity (Wildman–Crippen MR) is 72.9 cm³/mol. The molecule has 2 heterocycles. The van der Waals surface area contributed by atoms with Crippen molar-refractivity contribution in [3.05, 3.63) is 17.6 Å². The van der Waals surface area contributed by atoms with E-state index in [-0.39, 0.29) is 11.2 Å². The second kappa shape index (κ2) is 4.54. The number of nitrogens with zero attached hydrogens (tertiary/aromatic N) is 4. The number of methoxy groups -OCH3 is 1. The van der Waals surface area contributed by atoms with Gasteiger partial charge in [0, 0.05) is 13.2 Å². The molecule has 0 amide bonds. The Balaban J connectivity index is 2.71. The Labute approximate surface area is 112 Å². The summed E-state index contributed by atoms with van der Waals surface area (Å²) in [6.07, 6.45) is 2.92. The average molecular weight is 258 g/mol. The minimum atomic E-state index is 0.144. The number of aryl methyl sites for hydroxylation is 1. The third-order valence-electron chi connectivity index (χ3n) is 2.87. The van der Waals surface area contributed by atoms with Gasteiger partial charge in [0.05, 0.1) is 7.11 Å². The molecule has 0 spiro atoms. The highest BCUT2D eigenvalue weighted by Gasteiger charge is 2.20. The lowest BCUT2D eigenvalue weighted by Gasteiger charge is -2.16. The molecule has 5 heteroatoms. The molecule has 100 valence electrons. The number of nitriles is 1. The summed E-state index contributed by atoms with van der Waals surface area (Å²) in [5.41, 5.74) is 2.91. The van der Waals surface area contributed by atoms with Crippen molar-refractivity contribution in [1.82, 2.24) is 14.5 Å². The fraction of sp³-hybridized carbons (Fsp3) is 0.500. The molecule has 0 unspecified atom stereocenters. The zero-order chi connectivity index (χ0) is 14.2.